The summed E-state index contributed by atoms with van der Waals surface area (Å²) in [5.74, 6) is 1.09. The van der Waals surface area contributed by atoms with E-state index in [4.69, 9.17) is 0 Å². The number of hydrogen-bond acceptors (Lipinski definition) is 7. The van der Waals surface area contributed by atoms with Crippen LogP contribution in [0.1, 0.15) is 23.2 Å². The molecule has 2 aliphatic heterocycles. The van der Waals surface area contributed by atoms with Crippen LogP contribution in [0, 0.1) is 0 Å². The Labute approximate surface area is 165 Å². The molecule has 0 aliphatic carbocycles. The second kappa shape index (κ2) is 6.30. The van der Waals surface area contributed by atoms with Crippen LogP contribution in [0.4, 0.5) is 17.5 Å². The van der Waals surface area contributed by atoms with E-state index >= 15 is 0 Å². The van der Waals surface area contributed by atoms with Crippen molar-refractivity contribution in [1.82, 2.24) is 14.5 Å². The minimum atomic E-state index is -0.118. The molecule has 1 amide bonds. The maximum atomic E-state index is 13.5. The van der Waals surface area contributed by atoms with Crippen LogP contribution in [0.5, 0.6) is 0 Å². The molecule has 8 nitrogen and oxygen atoms in total. The molecule has 2 aliphatic rings. The van der Waals surface area contributed by atoms with Gasteiger partial charge in [0, 0.05) is 56.4 Å². The number of nitrogens with one attached hydrogen (secondary N) is 1. The SMILES string of the molecule is CNc1ncc2c(n1)N1CCC[C@H]1CN(c1csc3c(=O)n(C)ccc13)C2=O. The van der Waals surface area contributed by atoms with Crippen molar-refractivity contribution in [3.05, 3.63) is 39.8 Å². The molecule has 5 heterocycles. The van der Waals surface area contributed by atoms with E-state index in [0.29, 0.717) is 28.6 Å². The van der Waals surface area contributed by atoms with E-state index < -0.39 is 0 Å². The molecule has 1 saturated heterocycles. The maximum Gasteiger partial charge on any atom is 0.268 e. The highest BCUT2D eigenvalue weighted by Crippen LogP contribution is 2.37. The van der Waals surface area contributed by atoms with Crippen LogP contribution < -0.4 is 20.7 Å². The summed E-state index contributed by atoms with van der Waals surface area (Å²) in [6, 6.07) is 2.11. The normalized spacial score (nSPS) is 18.9. The van der Waals surface area contributed by atoms with Gasteiger partial charge in [0.05, 0.1) is 5.69 Å². The van der Waals surface area contributed by atoms with Gasteiger partial charge in [0.2, 0.25) is 5.95 Å². The van der Waals surface area contributed by atoms with Crippen LogP contribution in [-0.4, -0.2) is 46.6 Å². The lowest BCUT2D eigenvalue weighted by molar-refractivity contribution is 0.0988. The fourth-order valence-electron chi connectivity index (χ4n) is 4.12. The Bertz CT molecular complexity index is 1150. The van der Waals surface area contributed by atoms with Gasteiger partial charge in [-0.25, -0.2) is 4.98 Å². The summed E-state index contributed by atoms with van der Waals surface area (Å²) in [5.41, 5.74) is 1.26. The van der Waals surface area contributed by atoms with E-state index in [-0.39, 0.29) is 17.5 Å². The average Bonchev–Trinajstić information content (AvgIpc) is 3.33. The minimum Gasteiger partial charge on any atom is -0.357 e. The van der Waals surface area contributed by atoms with E-state index in [9.17, 15) is 9.59 Å². The van der Waals surface area contributed by atoms with Gasteiger partial charge in [-0.3, -0.25) is 9.59 Å². The number of thiophene rings is 1. The molecule has 144 valence electrons. The number of carbonyl (C=O) groups is 1. The Morgan fingerprint density at radius 1 is 1.32 bits per heavy atom. The minimum absolute atomic E-state index is 0.0408. The van der Waals surface area contributed by atoms with Crippen molar-refractivity contribution in [2.75, 3.05) is 35.3 Å². The summed E-state index contributed by atoms with van der Waals surface area (Å²) in [6.45, 7) is 1.45. The number of carbonyl (C=O) groups excluding carboxylic acids is 1. The van der Waals surface area contributed by atoms with E-state index in [1.165, 1.54) is 11.3 Å². The number of nitrogens with zero attached hydrogens (tertiary/aromatic N) is 5. The van der Waals surface area contributed by atoms with Crippen LogP contribution in [0.25, 0.3) is 10.1 Å². The van der Waals surface area contributed by atoms with Gasteiger partial charge in [-0.15, -0.1) is 11.3 Å². The van der Waals surface area contributed by atoms with Crippen molar-refractivity contribution in [3.63, 3.8) is 0 Å². The molecule has 0 bridgehead atoms. The van der Waals surface area contributed by atoms with Gasteiger partial charge in [0.25, 0.3) is 11.5 Å². The van der Waals surface area contributed by atoms with E-state index in [1.54, 1.807) is 36.0 Å². The molecule has 0 saturated carbocycles. The third-order valence-corrected chi connectivity index (χ3v) is 6.56. The van der Waals surface area contributed by atoms with Gasteiger partial charge >= 0.3 is 0 Å². The van der Waals surface area contributed by atoms with Crippen LogP contribution >= 0.6 is 11.3 Å². The number of aryl methyl sites for hydroxylation is 1. The number of anilines is 3. The first-order valence-corrected chi connectivity index (χ1v) is 10.2. The van der Waals surface area contributed by atoms with E-state index in [2.05, 4.69) is 20.2 Å². The third kappa shape index (κ3) is 2.42. The topological polar surface area (TPSA) is 83.4 Å². The molecule has 1 fully saturated rings. The molecule has 1 N–H and O–H groups in total. The molecule has 0 unspecified atom stereocenters. The number of fused-ring (bicyclic) bond motifs is 4. The number of hydrogen-bond donors (Lipinski definition) is 1. The van der Waals surface area contributed by atoms with Crippen LogP contribution in [0.2, 0.25) is 0 Å². The Hall–Kier alpha value is -2.94. The second-order valence-corrected chi connectivity index (χ2v) is 8.06. The molecule has 1 atom stereocenters. The average molecular weight is 396 g/mol. The van der Waals surface area contributed by atoms with Crippen molar-refractivity contribution in [1.29, 1.82) is 0 Å². The second-order valence-electron chi connectivity index (χ2n) is 7.18. The summed E-state index contributed by atoms with van der Waals surface area (Å²) in [6.07, 6.45) is 5.43. The predicted octanol–water partition coefficient (Wildman–Crippen LogP) is 2.06. The zero-order chi connectivity index (χ0) is 19.4. The Morgan fingerprint density at radius 2 is 2.18 bits per heavy atom. The Kier molecular flexibility index (Phi) is 3.87. The van der Waals surface area contributed by atoms with Gasteiger partial charge in [-0.2, -0.15) is 4.98 Å². The molecule has 5 rings (SSSR count). The fraction of sp³-hybridized carbons (Fsp3) is 0.368. The molecule has 0 aromatic carbocycles. The largest absolute Gasteiger partial charge is 0.357 e. The molecule has 0 spiro atoms. The molecule has 28 heavy (non-hydrogen) atoms. The quantitative estimate of drug-likeness (QED) is 0.714. The van der Waals surface area contributed by atoms with Crippen LogP contribution in [-0.2, 0) is 7.05 Å². The lowest BCUT2D eigenvalue weighted by Crippen LogP contribution is -2.39. The third-order valence-electron chi connectivity index (χ3n) is 5.59. The van der Waals surface area contributed by atoms with Gasteiger partial charge in [-0.1, -0.05) is 0 Å². The lowest BCUT2D eigenvalue weighted by Gasteiger charge is -2.26. The Morgan fingerprint density at radius 3 is 3.00 bits per heavy atom. The monoisotopic (exact) mass is 396 g/mol. The highest BCUT2D eigenvalue weighted by atomic mass is 32.1. The maximum absolute atomic E-state index is 13.5. The number of rotatable bonds is 2. The zero-order valence-electron chi connectivity index (χ0n) is 15.7. The van der Waals surface area contributed by atoms with Crippen LogP contribution in [0.3, 0.4) is 0 Å². The van der Waals surface area contributed by atoms with Crippen molar-refractivity contribution in [2.45, 2.75) is 18.9 Å². The molecular formula is C19H20N6O2S. The molecule has 3 aromatic heterocycles. The smallest absolute Gasteiger partial charge is 0.268 e. The summed E-state index contributed by atoms with van der Waals surface area (Å²) >= 11 is 1.39. The van der Waals surface area contributed by atoms with Gasteiger partial charge < -0.3 is 19.7 Å². The first-order chi connectivity index (χ1) is 13.6. The molecule has 3 aromatic rings. The molecular weight excluding hydrogens is 376 g/mol. The van der Waals surface area contributed by atoms with Crippen molar-refractivity contribution in [3.8, 4) is 0 Å². The van der Waals surface area contributed by atoms with E-state index in [0.717, 1.165) is 30.5 Å². The van der Waals surface area contributed by atoms with Crippen LogP contribution in [0.15, 0.2) is 28.6 Å². The summed E-state index contributed by atoms with van der Waals surface area (Å²) < 4.78 is 2.23. The first-order valence-electron chi connectivity index (χ1n) is 9.28. The highest BCUT2D eigenvalue weighted by Gasteiger charge is 2.38. The van der Waals surface area contributed by atoms with E-state index in [1.807, 2.05) is 11.4 Å². The number of pyridine rings is 1. The van der Waals surface area contributed by atoms with Crippen molar-refractivity contribution >= 4 is 44.8 Å². The van der Waals surface area contributed by atoms with Gasteiger partial charge in [0.1, 0.15) is 16.1 Å². The summed E-state index contributed by atoms with van der Waals surface area (Å²) in [5, 5.41) is 5.69. The van der Waals surface area contributed by atoms with Crippen molar-refractivity contribution in [2.24, 2.45) is 7.05 Å². The van der Waals surface area contributed by atoms with Gasteiger partial charge in [0.15, 0.2) is 0 Å². The Balaban J connectivity index is 1.68. The van der Waals surface area contributed by atoms with Crippen molar-refractivity contribution < 1.29 is 4.79 Å². The number of amides is 1. The first kappa shape index (κ1) is 17.2. The number of aromatic nitrogens is 3. The summed E-state index contributed by atoms with van der Waals surface area (Å²) in [7, 11) is 3.51. The lowest BCUT2D eigenvalue weighted by atomic mass is 10.2. The standard InChI is InChI=1S/C19H20N6O2S/c1-20-19-21-8-13-16(22-19)24-6-3-4-11(24)9-25(17(13)26)14-10-28-15-12(14)5-7-23(2)18(15)27/h5,7-8,10-11H,3-4,6,9H2,1-2H3,(H,20,21,22)/t11-/m0/s1. The zero-order valence-corrected chi connectivity index (χ0v) is 16.5. The predicted molar refractivity (Wildman–Crippen MR) is 111 cm³/mol. The van der Waals surface area contributed by atoms with Gasteiger partial charge in [-0.05, 0) is 18.9 Å². The molecule has 9 heteroatoms. The molecule has 0 radical (unpaired) electrons. The summed E-state index contributed by atoms with van der Waals surface area (Å²) in [4.78, 5) is 38.8. The fourth-order valence-corrected chi connectivity index (χ4v) is 5.15. The highest BCUT2D eigenvalue weighted by molar-refractivity contribution is 7.17.